The highest BCUT2D eigenvalue weighted by Crippen LogP contribution is 2.35. The van der Waals surface area contributed by atoms with Crippen molar-refractivity contribution in [1.82, 2.24) is 3.97 Å². The molecular formula is C23H25NO3S. The lowest BCUT2D eigenvalue weighted by atomic mass is 9.85. The van der Waals surface area contributed by atoms with Crippen molar-refractivity contribution in [3.05, 3.63) is 77.5 Å². The third kappa shape index (κ3) is 3.54. The lowest BCUT2D eigenvalue weighted by Gasteiger charge is -2.18. The number of hydrogen-bond acceptors (Lipinski definition) is 3. The molecule has 0 bridgehead atoms. The van der Waals surface area contributed by atoms with Crippen LogP contribution in [0.3, 0.4) is 0 Å². The van der Waals surface area contributed by atoms with Crippen molar-refractivity contribution < 1.29 is 13.2 Å². The molecule has 0 radical (unpaired) electrons. The molecule has 1 aromatic heterocycles. The molecule has 2 aromatic carbocycles. The first-order chi connectivity index (χ1) is 13.0. The first-order valence-electron chi connectivity index (χ1n) is 9.18. The summed E-state index contributed by atoms with van der Waals surface area (Å²) in [5.41, 5.74) is 2.39. The summed E-state index contributed by atoms with van der Waals surface area (Å²) in [7, 11) is -3.86. The molecule has 0 amide bonds. The number of Topliss-reactive ketones (excluding diaryl/α,β-unsaturated/α-hetero) is 1. The van der Waals surface area contributed by atoms with Gasteiger partial charge in [0, 0.05) is 16.7 Å². The molecule has 4 nitrogen and oxygen atoms in total. The van der Waals surface area contributed by atoms with Crippen LogP contribution in [0.5, 0.6) is 0 Å². The smallest absolute Gasteiger partial charge is 0.268 e. The summed E-state index contributed by atoms with van der Waals surface area (Å²) >= 11 is 0. The summed E-state index contributed by atoms with van der Waals surface area (Å²) in [6, 6.07) is 17.6. The Morgan fingerprint density at radius 2 is 1.46 bits per heavy atom. The van der Waals surface area contributed by atoms with Gasteiger partial charge in [-0.05, 0) is 37.6 Å². The van der Waals surface area contributed by atoms with Crippen LogP contribution in [0.25, 0.3) is 11.3 Å². The topological polar surface area (TPSA) is 56.1 Å². The van der Waals surface area contributed by atoms with Crippen molar-refractivity contribution in [1.29, 1.82) is 0 Å². The van der Waals surface area contributed by atoms with E-state index in [0.29, 0.717) is 22.5 Å². The van der Waals surface area contributed by atoms with Gasteiger partial charge in [0.2, 0.25) is 0 Å². The van der Waals surface area contributed by atoms with Gasteiger partial charge in [-0.1, -0.05) is 68.8 Å². The SMILES string of the molecule is Cc1ccc(S(=O)(=O)n2c(C)cc(C(=O)C(C)(C)C)c2-c2ccccc2)cc1. The van der Waals surface area contributed by atoms with Crippen molar-refractivity contribution in [2.24, 2.45) is 5.41 Å². The highest BCUT2D eigenvalue weighted by molar-refractivity contribution is 7.90. The maximum absolute atomic E-state index is 13.5. The highest BCUT2D eigenvalue weighted by Gasteiger charge is 2.32. The summed E-state index contributed by atoms with van der Waals surface area (Å²) in [4.78, 5) is 13.3. The Morgan fingerprint density at radius 1 is 0.893 bits per heavy atom. The number of benzene rings is 2. The van der Waals surface area contributed by atoms with E-state index in [1.165, 1.54) is 3.97 Å². The van der Waals surface area contributed by atoms with Gasteiger partial charge in [-0.3, -0.25) is 4.79 Å². The second kappa shape index (κ2) is 7.06. The minimum Gasteiger partial charge on any atom is -0.294 e. The molecule has 0 aliphatic rings. The Kier molecular flexibility index (Phi) is 5.06. The van der Waals surface area contributed by atoms with Gasteiger partial charge in [-0.25, -0.2) is 12.4 Å². The van der Waals surface area contributed by atoms with Crippen molar-refractivity contribution in [3.63, 3.8) is 0 Å². The molecule has 0 spiro atoms. The van der Waals surface area contributed by atoms with Crippen LogP contribution in [0.15, 0.2) is 65.6 Å². The van der Waals surface area contributed by atoms with E-state index in [-0.39, 0.29) is 10.7 Å². The van der Waals surface area contributed by atoms with Crippen LogP contribution < -0.4 is 0 Å². The van der Waals surface area contributed by atoms with Gasteiger partial charge in [0.25, 0.3) is 10.0 Å². The van der Waals surface area contributed by atoms with E-state index < -0.39 is 15.4 Å². The fraction of sp³-hybridized carbons (Fsp3) is 0.261. The maximum Gasteiger partial charge on any atom is 0.268 e. The van der Waals surface area contributed by atoms with Gasteiger partial charge >= 0.3 is 0 Å². The van der Waals surface area contributed by atoms with E-state index in [2.05, 4.69) is 0 Å². The summed E-state index contributed by atoms with van der Waals surface area (Å²) in [5, 5.41) is 0. The van der Waals surface area contributed by atoms with Gasteiger partial charge in [0.15, 0.2) is 5.78 Å². The van der Waals surface area contributed by atoms with Crippen molar-refractivity contribution in [2.75, 3.05) is 0 Å². The number of hydrogen-bond donors (Lipinski definition) is 0. The molecule has 0 N–H and O–H groups in total. The zero-order valence-corrected chi connectivity index (χ0v) is 17.7. The fourth-order valence-corrected chi connectivity index (χ4v) is 4.76. The summed E-state index contributed by atoms with van der Waals surface area (Å²) in [6.07, 6.45) is 0. The first-order valence-corrected chi connectivity index (χ1v) is 10.6. The maximum atomic E-state index is 13.5. The molecule has 0 unspecified atom stereocenters. The standard InChI is InChI=1S/C23H25NO3S/c1-16-11-13-19(14-12-16)28(26,27)24-17(2)15-20(22(25)23(3,4)5)21(24)18-9-7-6-8-10-18/h6-15H,1-5H3. The van der Waals surface area contributed by atoms with E-state index in [0.717, 1.165) is 5.56 Å². The van der Waals surface area contributed by atoms with E-state index in [9.17, 15) is 13.2 Å². The second-order valence-electron chi connectivity index (χ2n) is 8.08. The van der Waals surface area contributed by atoms with Crippen LogP contribution in [0.4, 0.5) is 0 Å². The predicted molar refractivity (Wildman–Crippen MR) is 112 cm³/mol. The van der Waals surface area contributed by atoms with Crippen LogP contribution in [0, 0.1) is 19.3 Å². The molecule has 0 aliphatic heterocycles. The minimum absolute atomic E-state index is 0.0905. The summed E-state index contributed by atoms with van der Waals surface area (Å²) < 4.78 is 28.3. The molecule has 1 heterocycles. The average molecular weight is 396 g/mol. The minimum atomic E-state index is -3.86. The van der Waals surface area contributed by atoms with E-state index in [1.54, 1.807) is 37.3 Å². The van der Waals surface area contributed by atoms with E-state index >= 15 is 0 Å². The van der Waals surface area contributed by atoms with Gasteiger partial charge in [-0.2, -0.15) is 0 Å². The molecule has 28 heavy (non-hydrogen) atoms. The zero-order chi connectivity index (χ0) is 20.7. The highest BCUT2D eigenvalue weighted by atomic mass is 32.2. The van der Waals surface area contributed by atoms with Gasteiger partial charge in [0.05, 0.1) is 10.6 Å². The Morgan fingerprint density at radius 3 is 2.00 bits per heavy atom. The molecule has 146 valence electrons. The van der Waals surface area contributed by atoms with Crippen molar-refractivity contribution >= 4 is 15.8 Å². The van der Waals surface area contributed by atoms with Crippen LogP contribution in [-0.2, 0) is 10.0 Å². The number of carbonyl (C=O) groups is 1. The van der Waals surface area contributed by atoms with Gasteiger partial charge in [-0.15, -0.1) is 0 Å². The van der Waals surface area contributed by atoms with Gasteiger partial charge < -0.3 is 0 Å². The Balaban J connectivity index is 2.34. The Labute approximate surface area is 166 Å². The molecular weight excluding hydrogens is 370 g/mol. The van der Waals surface area contributed by atoms with Crippen LogP contribution in [0.2, 0.25) is 0 Å². The first kappa shape index (κ1) is 20.1. The van der Waals surface area contributed by atoms with E-state index in [1.807, 2.05) is 58.0 Å². The molecule has 0 saturated carbocycles. The number of ketones is 1. The summed E-state index contributed by atoms with van der Waals surface area (Å²) in [6.45, 7) is 9.15. The third-order valence-corrected chi connectivity index (χ3v) is 6.48. The van der Waals surface area contributed by atoms with E-state index in [4.69, 9.17) is 0 Å². The molecule has 3 aromatic rings. The molecule has 0 aliphatic carbocycles. The van der Waals surface area contributed by atoms with Crippen LogP contribution >= 0.6 is 0 Å². The molecule has 5 heteroatoms. The third-order valence-electron chi connectivity index (χ3n) is 4.66. The fourth-order valence-electron chi connectivity index (χ4n) is 3.19. The largest absolute Gasteiger partial charge is 0.294 e. The normalized spacial score (nSPS) is 12.2. The molecule has 3 rings (SSSR count). The summed E-state index contributed by atoms with van der Waals surface area (Å²) in [5.74, 6) is -0.0905. The van der Waals surface area contributed by atoms with Crippen LogP contribution in [0.1, 0.15) is 42.4 Å². The molecule has 0 fully saturated rings. The lowest BCUT2D eigenvalue weighted by molar-refractivity contribution is 0.0859. The van der Waals surface area contributed by atoms with Crippen molar-refractivity contribution in [3.8, 4) is 11.3 Å². The number of carbonyl (C=O) groups excluding carboxylic acids is 1. The quantitative estimate of drug-likeness (QED) is 0.568. The average Bonchev–Trinajstić information content (AvgIpc) is 2.99. The number of rotatable bonds is 4. The van der Waals surface area contributed by atoms with Gasteiger partial charge in [0.1, 0.15) is 0 Å². The monoisotopic (exact) mass is 395 g/mol. The second-order valence-corrected chi connectivity index (χ2v) is 9.86. The lowest BCUT2D eigenvalue weighted by Crippen LogP contribution is -2.21. The molecule has 0 saturated heterocycles. The van der Waals surface area contributed by atoms with Crippen LogP contribution in [-0.4, -0.2) is 18.2 Å². The Hall–Kier alpha value is -2.66. The zero-order valence-electron chi connectivity index (χ0n) is 16.9. The predicted octanol–water partition coefficient (Wildman–Crippen LogP) is 5.24. The number of aryl methyl sites for hydroxylation is 2. The number of aromatic nitrogens is 1. The van der Waals surface area contributed by atoms with Crippen molar-refractivity contribution in [2.45, 2.75) is 39.5 Å². The number of nitrogens with zero attached hydrogens (tertiary/aromatic N) is 1. The molecule has 0 atom stereocenters. The Bertz CT molecular complexity index is 1120.